The summed E-state index contributed by atoms with van der Waals surface area (Å²) in [5.41, 5.74) is 12.0. The van der Waals surface area contributed by atoms with E-state index in [1.807, 2.05) is 22.4 Å². The molecule has 4 nitrogen and oxygen atoms in total. The second-order valence-electron chi connectivity index (χ2n) is 7.43. The average molecular weight is 436 g/mol. The summed E-state index contributed by atoms with van der Waals surface area (Å²) < 4.78 is 1.16. The molecule has 30 heavy (non-hydrogen) atoms. The maximum Gasteiger partial charge on any atom is 0.161 e. The highest BCUT2D eigenvalue weighted by atomic mass is 32.2. The first kappa shape index (κ1) is 20.8. The summed E-state index contributed by atoms with van der Waals surface area (Å²) in [7, 11) is 0. The van der Waals surface area contributed by atoms with Crippen LogP contribution >= 0.6 is 23.1 Å². The highest BCUT2D eigenvalue weighted by Crippen LogP contribution is 2.49. The first-order chi connectivity index (χ1) is 14.6. The number of carbonyl (C=O) groups is 1. The lowest BCUT2D eigenvalue weighted by Gasteiger charge is -2.39. The summed E-state index contributed by atoms with van der Waals surface area (Å²) >= 11 is 3.42. The van der Waals surface area contributed by atoms with Gasteiger partial charge in [-0.25, -0.2) is 0 Å². The van der Waals surface area contributed by atoms with Crippen molar-refractivity contribution in [3.05, 3.63) is 69.5 Å². The number of anilines is 1. The summed E-state index contributed by atoms with van der Waals surface area (Å²) in [6.07, 6.45) is 3.08. The van der Waals surface area contributed by atoms with Crippen LogP contribution in [0.3, 0.4) is 0 Å². The molecule has 1 aromatic carbocycles. The lowest BCUT2D eigenvalue weighted by Crippen LogP contribution is -2.38. The van der Waals surface area contributed by atoms with Crippen molar-refractivity contribution in [1.29, 1.82) is 5.26 Å². The number of thiophene rings is 1. The number of ketones is 1. The molecule has 2 heterocycles. The topological polar surface area (TPSA) is 70.1 Å². The summed E-state index contributed by atoms with van der Waals surface area (Å²) in [6, 6.07) is 12.6. The van der Waals surface area contributed by atoms with Gasteiger partial charge in [0.2, 0.25) is 0 Å². The summed E-state index contributed by atoms with van der Waals surface area (Å²) in [5.74, 6) is 1.15. The highest BCUT2D eigenvalue weighted by molar-refractivity contribution is 8.01. The lowest BCUT2D eigenvalue weighted by atomic mass is 9.76. The van der Waals surface area contributed by atoms with Crippen LogP contribution in [-0.4, -0.2) is 11.5 Å². The van der Waals surface area contributed by atoms with Crippen LogP contribution in [0, 0.1) is 11.3 Å². The Labute approximate surface area is 186 Å². The molecule has 0 spiro atoms. The van der Waals surface area contributed by atoms with Crippen LogP contribution in [0.2, 0.25) is 0 Å². The van der Waals surface area contributed by atoms with E-state index in [9.17, 15) is 10.1 Å². The molecule has 0 saturated carbocycles. The van der Waals surface area contributed by atoms with Crippen molar-refractivity contribution in [3.63, 3.8) is 0 Å². The molecule has 2 N–H and O–H groups in total. The summed E-state index contributed by atoms with van der Waals surface area (Å²) in [6.45, 7) is 4.23. The maximum absolute atomic E-state index is 13.2. The molecule has 1 aliphatic carbocycles. The molecule has 1 aliphatic heterocycles. The van der Waals surface area contributed by atoms with Gasteiger partial charge in [-0.3, -0.25) is 9.69 Å². The van der Waals surface area contributed by atoms with Gasteiger partial charge in [0.15, 0.2) is 5.78 Å². The Bertz CT molecular complexity index is 1070. The normalized spacial score (nSPS) is 19.2. The molecule has 4 rings (SSSR count). The van der Waals surface area contributed by atoms with E-state index < -0.39 is 0 Å². The number of allylic oxidation sites excluding steroid dienone is 3. The predicted octanol–water partition coefficient (Wildman–Crippen LogP) is 5.73. The van der Waals surface area contributed by atoms with E-state index in [0.29, 0.717) is 17.8 Å². The van der Waals surface area contributed by atoms with Gasteiger partial charge in [0, 0.05) is 23.4 Å². The largest absolute Gasteiger partial charge is 0.384 e. The average Bonchev–Trinajstić information content (AvgIpc) is 3.21. The van der Waals surface area contributed by atoms with Crippen molar-refractivity contribution in [2.45, 2.75) is 49.7 Å². The Hall–Kier alpha value is -2.49. The Morgan fingerprint density at radius 3 is 2.67 bits per heavy atom. The van der Waals surface area contributed by atoms with Crippen molar-refractivity contribution in [2.24, 2.45) is 5.73 Å². The van der Waals surface area contributed by atoms with Crippen LogP contribution < -0.4 is 10.6 Å². The standard InChI is InChI=1S/C24H25N3OS2/c1-3-15-8-10-16(11-9-15)27-19-6-5-7-20(28)22(19)21(18(14-25)23(27)26)17-12-13-30-24(17)29-4-2/h8-13,21H,3-7,26H2,1-2H3/t21-/m1/s1. The van der Waals surface area contributed by atoms with Crippen molar-refractivity contribution in [2.75, 3.05) is 10.7 Å². The number of nitrogens with zero attached hydrogens (tertiary/aromatic N) is 2. The third kappa shape index (κ3) is 3.46. The third-order valence-corrected chi connectivity index (χ3v) is 7.91. The number of benzene rings is 1. The van der Waals surface area contributed by atoms with Crippen LogP contribution in [0.4, 0.5) is 5.69 Å². The smallest absolute Gasteiger partial charge is 0.161 e. The minimum atomic E-state index is -0.371. The van der Waals surface area contributed by atoms with E-state index in [4.69, 9.17) is 5.73 Å². The molecule has 6 heteroatoms. The van der Waals surface area contributed by atoms with E-state index in [1.54, 1.807) is 23.1 Å². The number of aryl methyl sites for hydroxylation is 1. The molecule has 0 saturated heterocycles. The van der Waals surface area contributed by atoms with Crippen LogP contribution in [0.1, 0.15) is 50.2 Å². The molecule has 0 bridgehead atoms. The van der Waals surface area contributed by atoms with E-state index in [1.165, 1.54) is 5.56 Å². The van der Waals surface area contributed by atoms with Crippen LogP contribution in [0.25, 0.3) is 0 Å². The van der Waals surface area contributed by atoms with Crippen molar-refractivity contribution in [3.8, 4) is 6.07 Å². The second kappa shape index (κ2) is 8.71. The molecule has 2 aliphatic rings. The third-order valence-electron chi connectivity index (χ3n) is 5.76. The van der Waals surface area contributed by atoms with E-state index in [-0.39, 0.29) is 11.7 Å². The number of hydrogen-bond acceptors (Lipinski definition) is 6. The van der Waals surface area contributed by atoms with Crippen LogP contribution in [-0.2, 0) is 11.2 Å². The van der Waals surface area contributed by atoms with Gasteiger partial charge >= 0.3 is 0 Å². The molecule has 2 aromatic rings. The summed E-state index contributed by atoms with van der Waals surface area (Å²) in [5, 5.41) is 12.2. The van der Waals surface area contributed by atoms with Crippen molar-refractivity contribution < 1.29 is 4.79 Å². The second-order valence-corrected chi connectivity index (χ2v) is 9.88. The fraction of sp³-hybridized carbons (Fsp3) is 0.333. The van der Waals surface area contributed by atoms with Gasteiger partial charge in [-0.15, -0.1) is 23.1 Å². The Balaban J connectivity index is 1.92. The van der Waals surface area contributed by atoms with Crippen molar-refractivity contribution >= 4 is 34.6 Å². The van der Waals surface area contributed by atoms with Gasteiger partial charge in [-0.1, -0.05) is 26.0 Å². The molecule has 0 unspecified atom stereocenters. The molecular weight excluding hydrogens is 410 g/mol. The molecule has 1 aromatic heterocycles. The first-order valence-electron chi connectivity index (χ1n) is 10.4. The van der Waals surface area contributed by atoms with E-state index >= 15 is 0 Å². The number of nitrogens with two attached hydrogens (primary N) is 1. The highest BCUT2D eigenvalue weighted by Gasteiger charge is 2.41. The Kier molecular flexibility index (Phi) is 6.03. The molecule has 0 amide bonds. The quantitative estimate of drug-likeness (QED) is 0.608. The van der Waals surface area contributed by atoms with Gasteiger partial charge in [0.1, 0.15) is 5.82 Å². The molecule has 0 fully saturated rings. The van der Waals surface area contributed by atoms with Gasteiger partial charge in [-0.2, -0.15) is 5.26 Å². The lowest BCUT2D eigenvalue weighted by molar-refractivity contribution is -0.116. The van der Waals surface area contributed by atoms with Gasteiger partial charge in [-0.05, 0) is 59.7 Å². The number of carbonyl (C=O) groups excluding carboxylic acids is 1. The predicted molar refractivity (Wildman–Crippen MR) is 124 cm³/mol. The molecular formula is C24H25N3OS2. The van der Waals surface area contributed by atoms with Gasteiger partial charge < -0.3 is 5.73 Å². The number of hydrogen-bond donors (Lipinski definition) is 1. The molecule has 154 valence electrons. The fourth-order valence-corrected chi connectivity index (χ4v) is 6.41. The van der Waals surface area contributed by atoms with E-state index in [0.717, 1.165) is 51.7 Å². The Morgan fingerprint density at radius 2 is 2.00 bits per heavy atom. The number of thioether (sulfide) groups is 1. The minimum Gasteiger partial charge on any atom is -0.384 e. The Morgan fingerprint density at radius 1 is 1.23 bits per heavy atom. The number of rotatable bonds is 5. The number of Topliss-reactive ketones (excluding diaryl/α,β-unsaturated/α-hetero) is 1. The number of nitriles is 1. The zero-order valence-electron chi connectivity index (χ0n) is 17.3. The fourth-order valence-electron chi connectivity index (χ4n) is 4.34. The van der Waals surface area contributed by atoms with E-state index in [2.05, 4.69) is 38.1 Å². The zero-order chi connectivity index (χ0) is 21.3. The van der Waals surface area contributed by atoms with Gasteiger partial charge in [0.05, 0.1) is 21.8 Å². The van der Waals surface area contributed by atoms with Gasteiger partial charge in [0.25, 0.3) is 0 Å². The maximum atomic E-state index is 13.2. The first-order valence-corrected chi connectivity index (χ1v) is 12.2. The molecule has 0 radical (unpaired) electrons. The van der Waals surface area contributed by atoms with Crippen molar-refractivity contribution in [1.82, 2.24) is 0 Å². The van der Waals surface area contributed by atoms with Crippen LogP contribution in [0.5, 0.6) is 0 Å². The minimum absolute atomic E-state index is 0.135. The SMILES string of the molecule is CCSc1sccc1[C@@H]1C(C#N)=C(N)N(c2ccc(CC)cc2)C2=C1C(=O)CCC2. The van der Waals surface area contributed by atoms with Crippen LogP contribution in [0.15, 0.2) is 62.6 Å². The summed E-state index contributed by atoms with van der Waals surface area (Å²) in [4.78, 5) is 15.1. The monoisotopic (exact) mass is 435 g/mol. The zero-order valence-corrected chi connectivity index (χ0v) is 18.9. The molecule has 1 atom stereocenters.